The Balaban J connectivity index is 0.937. The zero-order valence-corrected chi connectivity index (χ0v) is 33.5. The molecule has 0 atom stereocenters. The molecule has 4 nitrogen and oxygen atoms in total. The first-order chi connectivity index (χ1) is 30.7. The Morgan fingerprint density at radius 2 is 0.887 bits per heavy atom. The third-order valence-corrected chi connectivity index (χ3v) is 12.6. The average Bonchev–Trinajstić information content (AvgIpc) is 4.02. The van der Waals surface area contributed by atoms with Crippen molar-refractivity contribution in [3.63, 3.8) is 0 Å². The molecule has 0 aliphatic rings. The van der Waals surface area contributed by atoms with Crippen LogP contribution in [0.5, 0.6) is 0 Å². The minimum absolute atomic E-state index is 0.855. The lowest BCUT2D eigenvalue weighted by Gasteiger charge is -2.26. The molecule has 0 spiro atoms. The van der Waals surface area contributed by atoms with Crippen molar-refractivity contribution in [3.8, 4) is 27.9 Å². The molecule has 0 amide bonds. The first kappa shape index (κ1) is 34.5. The first-order valence-electron chi connectivity index (χ1n) is 21.1. The van der Waals surface area contributed by atoms with Gasteiger partial charge in [0, 0.05) is 66.4 Å². The third kappa shape index (κ3) is 5.27. The second-order valence-corrected chi connectivity index (χ2v) is 16.0. The molecule has 0 fully saturated rings. The van der Waals surface area contributed by atoms with E-state index >= 15 is 0 Å². The smallest absolute Gasteiger partial charge is 0.143 e. The zero-order chi connectivity index (χ0) is 40.7. The molecule has 0 unspecified atom stereocenters. The van der Waals surface area contributed by atoms with E-state index in [1.54, 1.807) is 0 Å². The van der Waals surface area contributed by atoms with Crippen molar-refractivity contribution in [1.29, 1.82) is 0 Å². The Hall–Kier alpha value is -8.34. The molecule has 13 aromatic rings. The molecule has 0 radical (unpaired) electrons. The van der Waals surface area contributed by atoms with Crippen LogP contribution in [0.25, 0.3) is 104 Å². The van der Waals surface area contributed by atoms with Crippen LogP contribution in [-0.2, 0) is 0 Å². The Bertz CT molecular complexity index is 3810. The van der Waals surface area contributed by atoms with Gasteiger partial charge in [0.05, 0.1) is 16.7 Å². The summed E-state index contributed by atoms with van der Waals surface area (Å²) in [6, 6.07) is 77.9. The van der Waals surface area contributed by atoms with Gasteiger partial charge < -0.3 is 18.3 Å². The van der Waals surface area contributed by atoms with Crippen molar-refractivity contribution in [1.82, 2.24) is 4.57 Å². The van der Waals surface area contributed by atoms with Crippen LogP contribution in [-0.4, -0.2) is 4.57 Å². The molecular weight excluding hydrogens is 757 g/mol. The van der Waals surface area contributed by atoms with E-state index in [-0.39, 0.29) is 0 Å². The molecule has 0 saturated carbocycles. The number of para-hydroxylation sites is 4. The summed E-state index contributed by atoms with van der Waals surface area (Å²) in [5.74, 6) is 0. The Morgan fingerprint density at radius 1 is 0.339 bits per heavy atom. The van der Waals surface area contributed by atoms with Gasteiger partial charge in [0.25, 0.3) is 0 Å². The van der Waals surface area contributed by atoms with Crippen LogP contribution < -0.4 is 4.90 Å². The van der Waals surface area contributed by atoms with Crippen molar-refractivity contribution < 1.29 is 8.83 Å². The van der Waals surface area contributed by atoms with Crippen LogP contribution in [0, 0.1) is 0 Å². The van der Waals surface area contributed by atoms with E-state index in [0.717, 1.165) is 88.7 Å². The van der Waals surface area contributed by atoms with Gasteiger partial charge in [0.2, 0.25) is 0 Å². The number of nitrogens with zero attached hydrogens (tertiary/aromatic N) is 2. The molecule has 0 saturated heterocycles. The van der Waals surface area contributed by atoms with Gasteiger partial charge in [-0.1, -0.05) is 140 Å². The predicted molar refractivity (Wildman–Crippen MR) is 258 cm³/mol. The minimum Gasteiger partial charge on any atom is -0.456 e. The molecule has 0 aliphatic carbocycles. The monoisotopic (exact) mass is 792 g/mol. The second kappa shape index (κ2) is 13.6. The van der Waals surface area contributed by atoms with Crippen LogP contribution in [0.15, 0.2) is 227 Å². The van der Waals surface area contributed by atoms with Crippen molar-refractivity contribution in [2.75, 3.05) is 4.90 Å². The third-order valence-electron chi connectivity index (χ3n) is 12.6. The normalized spacial score (nSPS) is 11.9. The van der Waals surface area contributed by atoms with Gasteiger partial charge in [0.1, 0.15) is 22.3 Å². The van der Waals surface area contributed by atoms with Crippen molar-refractivity contribution in [2.45, 2.75) is 0 Å². The highest BCUT2D eigenvalue weighted by Gasteiger charge is 2.20. The number of anilines is 3. The van der Waals surface area contributed by atoms with E-state index in [4.69, 9.17) is 8.83 Å². The van der Waals surface area contributed by atoms with Crippen molar-refractivity contribution in [2.24, 2.45) is 0 Å². The predicted octanol–water partition coefficient (Wildman–Crippen LogP) is 16.5. The summed E-state index contributed by atoms with van der Waals surface area (Å²) in [5.41, 5.74) is 14.8. The SMILES string of the molecule is c1ccc(-n2c3ccccc3c3ccccc32)c(-c2ccc(N(c3ccc(-c4cccc5oc6c7ccccc7ccc6c45)cc3)c3ccc4c(c3)oc3ccccc34)cc2)c1. The lowest BCUT2D eigenvalue weighted by Crippen LogP contribution is -2.09. The molecular formula is C58H36N2O2. The molecule has 3 aromatic heterocycles. The van der Waals surface area contributed by atoms with E-state index in [1.807, 2.05) is 12.1 Å². The first-order valence-corrected chi connectivity index (χ1v) is 21.1. The minimum atomic E-state index is 0.855. The Labute approximate surface area is 356 Å². The lowest BCUT2D eigenvalue weighted by atomic mass is 9.98. The molecule has 13 rings (SSSR count). The molecule has 3 heterocycles. The highest BCUT2D eigenvalue weighted by Crippen LogP contribution is 2.43. The molecule has 4 heteroatoms. The van der Waals surface area contributed by atoms with Crippen LogP contribution in [0.2, 0.25) is 0 Å². The summed E-state index contributed by atoms with van der Waals surface area (Å²) < 4.78 is 15.4. The van der Waals surface area contributed by atoms with E-state index in [9.17, 15) is 0 Å². The van der Waals surface area contributed by atoms with Crippen molar-refractivity contribution >= 4 is 93.5 Å². The fourth-order valence-corrected chi connectivity index (χ4v) is 9.77. The number of rotatable bonds is 6. The van der Waals surface area contributed by atoms with E-state index < -0.39 is 0 Å². The van der Waals surface area contributed by atoms with Crippen LogP contribution in [0.1, 0.15) is 0 Å². The topological polar surface area (TPSA) is 34.5 Å². The maximum Gasteiger partial charge on any atom is 0.143 e. The van der Waals surface area contributed by atoms with E-state index in [2.05, 4.69) is 216 Å². The van der Waals surface area contributed by atoms with Gasteiger partial charge in [-0.3, -0.25) is 0 Å². The van der Waals surface area contributed by atoms with Crippen LogP contribution in [0.3, 0.4) is 0 Å². The highest BCUT2D eigenvalue weighted by atomic mass is 16.3. The zero-order valence-electron chi connectivity index (χ0n) is 33.5. The van der Waals surface area contributed by atoms with Crippen molar-refractivity contribution in [3.05, 3.63) is 218 Å². The molecule has 290 valence electrons. The molecule has 10 aromatic carbocycles. The quantitative estimate of drug-likeness (QED) is 0.168. The fourth-order valence-electron chi connectivity index (χ4n) is 9.77. The summed E-state index contributed by atoms with van der Waals surface area (Å²) in [7, 11) is 0. The fraction of sp³-hybridized carbons (Fsp3) is 0. The molecule has 0 aliphatic heterocycles. The number of hydrogen-bond acceptors (Lipinski definition) is 3. The number of furan rings is 2. The summed E-state index contributed by atoms with van der Waals surface area (Å²) >= 11 is 0. The van der Waals surface area contributed by atoms with Crippen LogP contribution >= 0.6 is 0 Å². The Kier molecular flexibility index (Phi) is 7.57. The van der Waals surface area contributed by atoms with Gasteiger partial charge >= 0.3 is 0 Å². The second-order valence-electron chi connectivity index (χ2n) is 16.0. The standard InChI is InChI=1S/C58H36N2O2/c1-2-14-45-37(12-1)28-34-50-57-44(18-11-23-55(57)62-58(45)50)39-26-31-41(32-27-39)59(42-33-35-49-48-17-6-10-22-54(48)61-56(49)36-42)40-29-24-38(25-30-40)43-13-3-7-19-51(43)60-52-20-8-4-15-46(52)47-16-5-9-21-53(47)60/h1-36H. The summed E-state index contributed by atoms with van der Waals surface area (Å²) in [6.45, 7) is 0. The number of fused-ring (bicyclic) bond motifs is 11. The molecule has 0 bridgehead atoms. The Morgan fingerprint density at radius 3 is 1.65 bits per heavy atom. The van der Waals surface area contributed by atoms with Gasteiger partial charge in [0.15, 0.2) is 0 Å². The van der Waals surface area contributed by atoms with Crippen LogP contribution in [0.4, 0.5) is 17.1 Å². The van der Waals surface area contributed by atoms with Gasteiger partial charge in [-0.05, 0) is 94.9 Å². The lowest BCUT2D eigenvalue weighted by molar-refractivity contribution is 0.669. The summed E-state index contributed by atoms with van der Waals surface area (Å²) in [6.07, 6.45) is 0. The highest BCUT2D eigenvalue weighted by molar-refractivity contribution is 6.19. The van der Waals surface area contributed by atoms with Gasteiger partial charge in [-0.15, -0.1) is 0 Å². The number of aromatic nitrogens is 1. The summed E-state index contributed by atoms with van der Waals surface area (Å²) in [5, 5.41) is 9.27. The molecule has 0 N–H and O–H groups in total. The molecule has 62 heavy (non-hydrogen) atoms. The average molecular weight is 793 g/mol. The maximum atomic E-state index is 6.55. The van der Waals surface area contributed by atoms with Gasteiger partial charge in [-0.2, -0.15) is 0 Å². The van der Waals surface area contributed by atoms with E-state index in [0.29, 0.717) is 0 Å². The summed E-state index contributed by atoms with van der Waals surface area (Å²) in [4.78, 5) is 2.32. The number of hydrogen-bond donors (Lipinski definition) is 0. The maximum absolute atomic E-state index is 6.55. The van der Waals surface area contributed by atoms with Gasteiger partial charge in [-0.25, -0.2) is 0 Å². The largest absolute Gasteiger partial charge is 0.456 e. The number of benzene rings is 10. The van der Waals surface area contributed by atoms with E-state index in [1.165, 1.54) is 32.8 Å².